The summed E-state index contributed by atoms with van der Waals surface area (Å²) in [6.07, 6.45) is 0. The summed E-state index contributed by atoms with van der Waals surface area (Å²) in [6, 6.07) is 6.09. The number of aromatic nitrogens is 1. The number of carbonyl (C=O) groups excluding carboxylic acids is 1. The molecule has 4 nitrogen and oxygen atoms in total. The standard InChI is InChI=1S/C12H8F2N2O2/c13-7-4-2-1-3-6(7)10-8(14)5-9(15)11(16-10)12(17)18/h1-5H,15H2,(H,17,18)/p-1. The minimum absolute atomic E-state index is 0.141. The second-order valence-corrected chi connectivity index (χ2v) is 3.52. The molecule has 0 amide bonds. The number of aromatic carboxylic acids is 1. The minimum atomic E-state index is -1.65. The Labute approximate surface area is 101 Å². The highest BCUT2D eigenvalue weighted by Gasteiger charge is 2.15. The number of carbonyl (C=O) groups is 1. The lowest BCUT2D eigenvalue weighted by atomic mass is 10.1. The first kappa shape index (κ1) is 12.0. The molecule has 1 heterocycles. The molecule has 92 valence electrons. The van der Waals surface area contributed by atoms with Gasteiger partial charge in [0, 0.05) is 11.6 Å². The van der Waals surface area contributed by atoms with Crippen molar-refractivity contribution in [3.63, 3.8) is 0 Å². The van der Waals surface area contributed by atoms with Crippen molar-refractivity contribution in [2.75, 3.05) is 5.73 Å². The van der Waals surface area contributed by atoms with E-state index >= 15 is 0 Å². The number of nitrogens with zero attached hydrogens (tertiary/aromatic N) is 1. The first-order valence-electron chi connectivity index (χ1n) is 4.93. The molecule has 0 bridgehead atoms. The minimum Gasteiger partial charge on any atom is -0.543 e. The number of nitrogens with two attached hydrogens (primary N) is 1. The number of hydrogen-bond acceptors (Lipinski definition) is 4. The van der Waals surface area contributed by atoms with Gasteiger partial charge in [-0.05, 0) is 12.1 Å². The molecule has 0 saturated heterocycles. The van der Waals surface area contributed by atoms with Gasteiger partial charge in [-0.3, -0.25) is 0 Å². The van der Waals surface area contributed by atoms with Crippen LogP contribution in [0.15, 0.2) is 30.3 Å². The molecule has 0 unspecified atom stereocenters. The molecule has 0 aliphatic carbocycles. The summed E-state index contributed by atoms with van der Waals surface area (Å²) >= 11 is 0. The highest BCUT2D eigenvalue weighted by molar-refractivity contribution is 5.90. The van der Waals surface area contributed by atoms with E-state index in [1.165, 1.54) is 18.2 Å². The maximum atomic E-state index is 13.6. The highest BCUT2D eigenvalue weighted by atomic mass is 19.1. The molecule has 0 aliphatic rings. The second-order valence-electron chi connectivity index (χ2n) is 3.52. The number of rotatable bonds is 2. The average Bonchev–Trinajstić information content (AvgIpc) is 2.30. The first-order valence-corrected chi connectivity index (χ1v) is 4.93. The van der Waals surface area contributed by atoms with Crippen LogP contribution >= 0.6 is 0 Å². The third kappa shape index (κ3) is 2.00. The Balaban J connectivity index is 2.69. The Morgan fingerprint density at radius 2 is 1.89 bits per heavy atom. The van der Waals surface area contributed by atoms with Crippen LogP contribution in [0.25, 0.3) is 11.3 Å². The Morgan fingerprint density at radius 1 is 1.22 bits per heavy atom. The van der Waals surface area contributed by atoms with Gasteiger partial charge in [0.2, 0.25) is 0 Å². The van der Waals surface area contributed by atoms with Gasteiger partial charge >= 0.3 is 0 Å². The van der Waals surface area contributed by atoms with Crippen molar-refractivity contribution in [1.82, 2.24) is 4.98 Å². The number of nitrogen functional groups attached to an aromatic ring is 1. The Kier molecular flexibility index (Phi) is 2.93. The van der Waals surface area contributed by atoms with Crippen LogP contribution in [0.3, 0.4) is 0 Å². The molecule has 0 saturated carbocycles. The van der Waals surface area contributed by atoms with Gasteiger partial charge in [0.1, 0.15) is 17.2 Å². The molecule has 6 heteroatoms. The van der Waals surface area contributed by atoms with Crippen LogP contribution in [0.2, 0.25) is 0 Å². The van der Waals surface area contributed by atoms with E-state index < -0.39 is 29.0 Å². The maximum Gasteiger partial charge on any atom is 0.151 e. The largest absolute Gasteiger partial charge is 0.543 e. The molecule has 2 aromatic rings. The molecule has 2 rings (SSSR count). The van der Waals surface area contributed by atoms with Crippen LogP contribution in [0.1, 0.15) is 10.5 Å². The van der Waals surface area contributed by atoms with Gasteiger partial charge in [0.15, 0.2) is 5.82 Å². The van der Waals surface area contributed by atoms with Crippen LogP contribution in [0.4, 0.5) is 14.5 Å². The topological polar surface area (TPSA) is 79.0 Å². The fraction of sp³-hybridized carbons (Fsp3) is 0. The number of carboxylic acids is 1. The smallest absolute Gasteiger partial charge is 0.151 e. The summed E-state index contributed by atoms with van der Waals surface area (Å²) in [5, 5.41) is 10.7. The number of anilines is 1. The highest BCUT2D eigenvalue weighted by Crippen LogP contribution is 2.25. The number of benzene rings is 1. The molecule has 0 aliphatic heterocycles. The number of carboxylic acid groups (broad SMARTS) is 1. The zero-order valence-electron chi connectivity index (χ0n) is 8.98. The van der Waals surface area contributed by atoms with Gasteiger partial charge in [-0.15, -0.1) is 0 Å². The summed E-state index contributed by atoms with van der Waals surface area (Å²) < 4.78 is 27.1. The molecule has 0 fully saturated rings. The van der Waals surface area contributed by atoms with E-state index in [0.29, 0.717) is 0 Å². The fourth-order valence-electron chi connectivity index (χ4n) is 1.51. The quantitative estimate of drug-likeness (QED) is 0.860. The molecular weight excluding hydrogens is 242 g/mol. The zero-order valence-corrected chi connectivity index (χ0v) is 8.98. The van der Waals surface area contributed by atoms with Crippen LogP contribution < -0.4 is 10.8 Å². The van der Waals surface area contributed by atoms with Crippen molar-refractivity contribution in [2.45, 2.75) is 0 Å². The maximum absolute atomic E-state index is 13.6. The predicted molar refractivity (Wildman–Crippen MR) is 58.3 cm³/mol. The van der Waals surface area contributed by atoms with E-state index in [9.17, 15) is 18.7 Å². The van der Waals surface area contributed by atoms with Gasteiger partial charge < -0.3 is 15.6 Å². The summed E-state index contributed by atoms with van der Waals surface area (Å²) in [5.41, 5.74) is 3.75. The molecule has 0 spiro atoms. The van der Waals surface area contributed by atoms with Crippen LogP contribution in [-0.4, -0.2) is 11.0 Å². The molecule has 18 heavy (non-hydrogen) atoms. The molecule has 0 radical (unpaired) electrons. The third-order valence-corrected chi connectivity index (χ3v) is 2.33. The average molecular weight is 249 g/mol. The first-order chi connectivity index (χ1) is 8.50. The number of halogens is 2. The molecular formula is C12H7F2N2O2-. The van der Waals surface area contributed by atoms with Crippen molar-refractivity contribution >= 4 is 11.7 Å². The van der Waals surface area contributed by atoms with E-state index in [0.717, 1.165) is 12.1 Å². The third-order valence-electron chi connectivity index (χ3n) is 2.33. The van der Waals surface area contributed by atoms with Crippen LogP contribution in [0.5, 0.6) is 0 Å². The summed E-state index contributed by atoms with van der Waals surface area (Å²) in [4.78, 5) is 14.2. The molecule has 1 aromatic carbocycles. The fourth-order valence-corrected chi connectivity index (χ4v) is 1.51. The lowest BCUT2D eigenvalue weighted by Gasteiger charge is -2.10. The number of hydrogen-bond donors (Lipinski definition) is 1. The van der Waals surface area contributed by atoms with E-state index in [4.69, 9.17) is 5.73 Å². The lowest BCUT2D eigenvalue weighted by Crippen LogP contribution is -2.25. The zero-order chi connectivity index (χ0) is 13.3. The van der Waals surface area contributed by atoms with Crippen molar-refractivity contribution in [2.24, 2.45) is 0 Å². The number of pyridine rings is 1. The molecule has 2 N–H and O–H groups in total. The normalized spacial score (nSPS) is 10.3. The van der Waals surface area contributed by atoms with Crippen molar-refractivity contribution < 1.29 is 18.7 Å². The summed E-state index contributed by atoms with van der Waals surface area (Å²) in [5.74, 6) is -3.26. The summed E-state index contributed by atoms with van der Waals surface area (Å²) in [7, 11) is 0. The Bertz CT molecular complexity index is 629. The molecule has 0 atom stereocenters. The van der Waals surface area contributed by atoms with Gasteiger partial charge in [-0.2, -0.15) is 0 Å². The van der Waals surface area contributed by atoms with Gasteiger partial charge in [-0.1, -0.05) is 12.1 Å². The van der Waals surface area contributed by atoms with Gasteiger partial charge in [-0.25, -0.2) is 13.8 Å². The van der Waals surface area contributed by atoms with Gasteiger partial charge in [0.25, 0.3) is 0 Å². The predicted octanol–water partition coefficient (Wildman–Crippen LogP) is 0.973. The van der Waals surface area contributed by atoms with E-state index in [1.54, 1.807) is 0 Å². The van der Waals surface area contributed by atoms with E-state index in [2.05, 4.69) is 4.98 Å². The SMILES string of the molecule is Nc1cc(F)c(-c2ccccc2F)nc1C(=O)[O-]. The lowest BCUT2D eigenvalue weighted by molar-refractivity contribution is -0.255. The van der Waals surface area contributed by atoms with Crippen molar-refractivity contribution in [3.05, 3.63) is 47.7 Å². The molecule has 1 aromatic heterocycles. The van der Waals surface area contributed by atoms with E-state index in [1.807, 2.05) is 0 Å². The second kappa shape index (κ2) is 4.40. The summed E-state index contributed by atoms with van der Waals surface area (Å²) in [6.45, 7) is 0. The monoisotopic (exact) mass is 249 g/mol. The van der Waals surface area contributed by atoms with Crippen LogP contribution in [0, 0.1) is 11.6 Å². The Hall–Kier alpha value is -2.50. The van der Waals surface area contributed by atoms with E-state index in [-0.39, 0.29) is 11.3 Å². The van der Waals surface area contributed by atoms with Crippen molar-refractivity contribution in [1.29, 1.82) is 0 Å². The Morgan fingerprint density at radius 3 is 2.50 bits per heavy atom. The van der Waals surface area contributed by atoms with Crippen LogP contribution in [-0.2, 0) is 0 Å². The van der Waals surface area contributed by atoms with Crippen molar-refractivity contribution in [3.8, 4) is 11.3 Å². The van der Waals surface area contributed by atoms with Gasteiger partial charge in [0.05, 0.1) is 11.7 Å².